The van der Waals surface area contributed by atoms with Crippen molar-refractivity contribution in [3.8, 4) is 0 Å². The van der Waals surface area contributed by atoms with Crippen LogP contribution in [-0.4, -0.2) is 9.52 Å². The standard InChI is InChI=1S/C4H12Si/c1-4(2)5-3/h4H,5H2,1-3H3. The van der Waals surface area contributed by atoms with Gasteiger partial charge in [0.2, 0.25) is 0 Å². The van der Waals surface area contributed by atoms with Crippen LogP contribution in [0.1, 0.15) is 13.8 Å². The van der Waals surface area contributed by atoms with Crippen LogP contribution in [0.4, 0.5) is 0 Å². The van der Waals surface area contributed by atoms with Gasteiger partial charge in [0, 0.05) is 9.52 Å². The lowest BCUT2D eigenvalue weighted by atomic mass is 10.6. The summed E-state index contributed by atoms with van der Waals surface area (Å²) in [7, 11) is 0.349. The zero-order valence-corrected chi connectivity index (χ0v) is 5.70. The summed E-state index contributed by atoms with van der Waals surface area (Å²) in [5, 5.41) is 0. The van der Waals surface area contributed by atoms with Crippen LogP contribution in [0.25, 0.3) is 0 Å². The van der Waals surface area contributed by atoms with E-state index in [2.05, 4.69) is 20.4 Å². The van der Waals surface area contributed by atoms with Gasteiger partial charge in [-0.3, -0.25) is 0 Å². The number of hydrogen-bond donors (Lipinski definition) is 0. The van der Waals surface area contributed by atoms with E-state index in [0.29, 0.717) is 9.52 Å². The van der Waals surface area contributed by atoms with Gasteiger partial charge in [0.05, 0.1) is 0 Å². The zero-order valence-electron chi connectivity index (χ0n) is 4.28. The fourth-order valence-electron chi connectivity index (χ4n) is 0. The molecule has 5 heavy (non-hydrogen) atoms. The maximum absolute atomic E-state index is 2.34. The quantitative estimate of drug-likeness (QED) is 0.420. The second-order valence-corrected chi connectivity index (χ2v) is 4.25. The molecule has 0 nitrogen and oxygen atoms in total. The molecule has 0 N–H and O–H groups in total. The van der Waals surface area contributed by atoms with E-state index in [9.17, 15) is 0 Å². The highest BCUT2D eigenvalue weighted by atomic mass is 28.2. The van der Waals surface area contributed by atoms with Crippen molar-refractivity contribution in [3.63, 3.8) is 0 Å². The highest BCUT2D eigenvalue weighted by Crippen LogP contribution is 1.92. The molecule has 0 aromatic heterocycles. The van der Waals surface area contributed by atoms with Crippen LogP contribution < -0.4 is 0 Å². The van der Waals surface area contributed by atoms with Crippen LogP contribution in [-0.2, 0) is 0 Å². The molecule has 0 fully saturated rings. The first kappa shape index (κ1) is 5.22. The summed E-state index contributed by atoms with van der Waals surface area (Å²) in [5.41, 5.74) is 1.02. The van der Waals surface area contributed by atoms with Gasteiger partial charge in [0.25, 0.3) is 0 Å². The summed E-state index contributed by atoms with van der Waals surface area (Å²) in [6.45, 7) is 6.91. The van der Waals surface area contributed by atoms with Crippen LogP contribution in [0, 0.1) is 0 Å². The molecule has 0 aliphatic rings. The summed E-state index contributed by atoms with van der Waals surface area (Å²) < 4.78 is 0. The first-order chi connectivity index (χ1) is 2.27. The normalized spacial score (nSPS) is 12.0. The van der Waals surface area contributed by atoms with Crippen molar-refractivity contribution in [3.05, 3.63) is 0 Å². The third-order valence-corrected chi connectivity index (χ3v) is 2.45. The Bertz CT molecular complexity index is 17.6. The highest BCUT2D eigenvalue weighted by Gasteiger charge is 1.81. The lowest BCUT2D eigenvalue weighted by molar-refractivity contribution is 1.06. The van der Waals surface area contributed by atoms with Crippen molar-refractivity contribution in [1.82, 2.24) is 0 Å². The van der Waals surface area contributed by atoms with Crippen LogP contribution in [0.2, 0.25) is 12.1 Å². The molecule has 32 valence electrons. The molecule has 0 radical (unpaired) electrons. The fraction of sp³-hybridized carbons (Fsp3) is 1.00. The molecule has 0 aliphatic carbocycles. The van der Waals surface area contributed by atoms with Gasteiger partial charge in [-0.1, -0.05) is 25.9 Å². The SMILES string of the molecule is C[SiH2]C(C)C. The lowest BCUT2D eigenvalue weighted by Gasteiger charge is -1.89. The van der Waals surface area contributed by atoms with E-state index in [4.69, 9.17) is 0 Å². The number of rotatable bonds is 1. The Kier molecular flexibility index (Phi) is 2.56. The van der Waals surface area contributed by atoms with Crippen molar-refractivity contribution < 1.29 is 0 Å². The molecular weight excluding hydrogens is 76.1 g/mol. The summed E-state index contributed by atoms with van der Waals surface area (Å²) >= 11 is 0. The van der Waals surface area contributed by atoms with E-state index in [1.54, 1.807) is 0 Å². The largest absolute Gasteiger partial charge is 0.0746 e. The van der Waals surface area contributed by atoms with Gasteiger partial charge < -0.3 is 0 Å². The molecule has 0 aromatic carbocycles. The highest BCUT2D eigenvalue weighted by molar-refractivity contribution is 6.35. The molecule has 0 unspecified atom stereocenters. The Balaban J connectivity index is 2.54. The van der Waals surface area contributed by atoms with E-state index >= 15 is 0 Å². The summed E-state index contributed by atoms with van der Waals surface area (Å²) in [6.07, 6.45) is 0. The van der Waals surface area contributed by atoms with Gasteiger partial charge in [-0.15, -0.1) is 0 Å². The molecule has 0 rings (SSSR count). The second kappa shape index (κ2) is 2.45. The predicted molar refractivity (Wildman–Crippen MR) is 29.5 cm³/mol. The molecule has 0 saturated heterocycles. The third-order valence-electron chi connectivity index (χ3n) is 0.816. The summed E-state index contributed by atoms with van der Waals surface area (Å²) in [4.78, 5) is 0. The zero-order chi connectivity index (χ0) is 4.28. The summed E-state index contributed by atoms with van der Waals surface area (Å²) in [6, 6.07) is 0. The minimum atomic E-state index is 0.349. The second-order valence-electron chi connectivity index (χ2n) is 1.80. The van der Waals surface area contributed by atoms with E-state index in [1.807, 2.05) is 0 Å². The molecule has 0 aliphatic heterocycles. The van der Waals surface area contributed by atoms with Crippen molar-refractivity contribution in [2.75, 3.05) is 0 Å². The Morgan fingerprint density at radius 3 is 1.60 bits per heavy atom. The average molecular weight is 88.2 g/mol. The molecule has 0 atom stereocenters. The topological polar surface area (TPSA) is 0 Å². The first-order valence-electron chi connectivity index (χ1n) is 2.27. The third kappa shape index (κ3) is 4.22. The van der Waals surface area contributed by atoms with Gasteiger partial charge in [-0.05, 0) is 0 Å². The van der Waals surface area contributed by atoms with E-state index in [0.717, 1.165) is 5.54 Å². The minimum Gasteiger partial charge on any atom is -0.0746 e. The summed E-state index contributed by atoms with van der Waals surface area (Å²) in [5.74, 6) is 0. The maximum atomic E-state index is 2.34. The van der Waals surface area contributed by atoms with Gasteiger partial charge in [-0.25, -0.2) is 0 Å². The van der Waals surface area contributed by atoms with Gasteiger partial charge in [0.15, 0.2) is 0 Å². The average Bonchev–Trinajstić information content (AvgIpc) is 1.38. The molecular formula is C4H12Si. The number of hydrogen-bond acceptors (Lipinski definition) is 0. The molecule has 0 bridgehead atoms. The molecule has 0 heterocycles. The van der Waals surface area contributed by atoms with E-state index in [-0.39, 0.29) is 0 Å². The molecule has 0 saturated carbocycles. The van der Waals surface area contributed by atoms with Crippen LogP contribution in [0.5, 0.6) is 0 Å². The first-order valence-corrected chi connectivity index (χ1v) is 4.50. The van der Waals surface area contributed by atoms with Gasteiger partial charge >= 0.3 is 0 Å². The Hall–Kier alpha value is 0.217. The maximum Gasteiger partial charge on any atom is 0.0194 e. The van der Waals surface area contributed by atoms with Crippen molar-refractivity contribution in [1.29, 1.82) is 0 Å². The monoisotopic (exact) mass is 88.1 g/mol. The lowest BCUT2D eigenvalue weighted by Crippen LogP contribution is -1.83. The fourth-order valence-corrected chi connectivity index (χ4v) is 0. The molecule has 0 spiro atoms. The molecule has 0 amide bonds. The smallest absolute Gasteiger partial charge is 0.0194 e. The predicted octanol–water partition coefficient (Wildman–Crippen LogP) is 1.03. The van der Waals surface area contributed by atoms with Crippen LogP contribution in [0.3, 0.4) is 0 Å². The van der Waals surface area contributed by atoms with Crippen molar-refractivity contribution >= 4 is 9.52 Å². The van der Waals surface area contributed by atoms with Crippen molar-refractivity contribution in [2.45, 2.75) is 25.9 Å². The van der Waals surface area contributed by atoms with Crippen molar-refractivity contribution in [2.24, 2.45) is 0 Å². The van der Waals surface area contributed by atoms with Crippen LogP contribution in [0.15, 0.2) is 0 Å². The van der Waals surface area contributed by atoms with Gasteiger partial charge in [0.1, 0.15) is 0 Å². The molecule has 0 aromatic rings. The Morgan fingerprint density at radius 1 is 1.40 bits per heavy atom. The van der Waals surface area contributed by atoms with E-state index < -0.39 is 0 Å². The van der Waals surface area contributed by atoms with E-state index in [1.165, 1.54) is 0 Å². The molecule has 1 heteroatoms. The Labute approximate surface area is 36.4 Å². The Morgan fingerprint density at radius 2 is 1.60 bits per heavy atom. The van der Waals surface area contributed by atoms with Gasteiger partial charge in [-0.2, -0.15) is 0 Å². The van der Waals surface area contributed by atoms with Crippen LogP contribution >= 0.6 is 0 Å². The minimum absolute atomic E-state index is 0.349.